The monoisotopic (exact) mass is 428 g/mol. The van der Waals surface area contributed by atoms with Crippen molar-refractivity contribution in [2.75, 3.05) is 24.5 Å². The van der Waals surface area contributed by atoms with Crippen molar-refractivity contribution in [1.82, 2.24) is 25.2 Å². The average molecular weight is 428 g/mol. The fourth-order valence-electron chi connectivity index (χ4n) is 3.22. The molecule has 0 aromatic carbocycles. The summed E-state index contributed by atoms with van der Waals surface area (Å²) in [4.78, 5) is 38.3. The second-order valence-electron chi connectivity index (χ2n) is 6.75. The van der Waals surface area contributed by atoms with Gasteiger partial charge in [0, 0.05) is 18.9 Å². The highest BCUT2D eigenvalue weighted by atomic mass is 19.4. The van der Waals surface area contributed by atoms with Gasteiger partial charge >= 0.3 is 18.2 Å². The number of nitrogens with zero attached hydrogens (tertiary/aromatic N) is 4. The summed E-state index contributed by atoms with van der Waals surface area (Å²) in [5.41, 5.74) is 2.48. The Bertz CT molecular complexity index is 955. The van der Waals surface area contributed by atoms with E-state index in [1.807, 2.05) is 6.20 Å². The van der Waals surface area contributed by atoms with Crippen LogP contribution in [0.2, 0.25) is 0 Å². The average Bonchev–Trinajstić information content (AvgIpc) is 3.11. The predicted octanol–water partition coefficient (Wildman–Crippen LogP) is 1.28. The molecule has 4 heterocycles. The Kier molecular flexibility index (Phi) is 6.20. The molecule has 162 valence electrons. The van der Waals surface area contributed by atoms with Crippen molar-refractivity contribution in [3.63, 3.8) is 0 Å². The molecule has 0 unspecified atom stereocenters. The number of amides is 3. The topological polar surface area (TPSA) is 129 Å². The standard InChI is InChI=1S/C15H18N6O2.C2HF3O2/c22-14-3-6-20(15(23)19-14)12-8-18-21-9-11(17-7-13(12)21)10-1-4-16-5-2-10;3-2(4,5)1(6)7/h7-10,16H,1-6H2,(H,19,22,23);(H,6,7). The van der Waals surface area contributed by atoms with E-state index in [9.17, 15) is 22.8 Å². The Morgan fingerprint density at radius 1 is 1.20 bits per heavy atom. The first kappa shape index (κ1) is 21.5. The molecule has 0 bridgehead atoms. The molecule has 0 spiro atoms. The summed E-state index contributed by atoms with van der Waals surface area (Å²) >= 11 is 0. The van der Waals surface area contributed by atoms with Crippen LogP contribution in [0.5, 0.6) is 0 Å². The van der Waals surface area contributed by atoms with Crippen LogP contribution >= 0.6 is 0 Å². The molecule has 3 N–H and O–H groups in total. The Labute approximate surface area is 168 Å². The highest BCUT2D eigenvalue weighted by molar-refractivity contribution is 6.07. The van der Waals surface area contributed by atoms with Crippen molar-refractivity contribution in [2.24, 2.45) is 0 Å². The lowest BCUT2D eigenvalue weighted by atomic mass is 9.95. The number of carboxylic acids is 1. The summed E-state index contributed by atoms with van der Waals surface area (Å²) in [6, 6.07) is -0.404. The number of halogens is 3. The van der Waals surface area contributed by atoms with E-state index < -0.39 is 18.2 Å². The molecule has 10 nitrogen and oxygen atoms in total. The SMILES string of the molecule is O=C(O)C(F)(F)F.O=C1CCN(c2cnn3cc(C4CCNCC4)ncc23)C(=O)N1. The van der Waals surface area contributed by atoms with Crippen molar-refractivity contribution in [1.29, 1.82) is 0 Å². The Morgan fingerprint density at radius 3 is 2.47 bits per heavy atom. The Hall–Kier alpha value is -3.22. The molecule has 0 atom stereocenters. The van der Waals surface area contributed by atoms with Gasteiger partial charge in [-0.25, -0.2) is 14.1 Å². The molecular formula is C17H19F3N6O4. The van der Waals surface area contributed by atoms with Crippen LogP contribution in [-0.4, -0.2) is 63.4 Å². The second kappa shape index (κ2) is 8.65. The number of piperidine rings is 1. The first-order valence-electron chi connectivity index (χ1n) is 9.12. The van der Waals surface area contributed by atoms with Gasteiger partial charge < -0.3 is 10.4 Å². The normalized spacial score (nSPS) is 18.0. The van der Waals surface area contributed by atoms with Crippen LogP contribution in [-0.2, 0) is 9.59 Å². The molecule has 2 aliphatic heterocycles. The molecule has 0 aliphatic carbocycles. The van der Waals surface area contributed by atoms with E-state index in [1.54, 1.807) is 16.9 Å². The van der Waals surface area contributed by atoms with Crippen LogP contribution in [0.15, 0.2) is 18.6 Å². The minimum Gasteiger partial charge on any atom is -0.475 e. The highest BCUT2D eigenvalue weighted by Gasteiger charge is 2.38. The van der Waals surface area contributed by atoms with Gasteiger partial charge in [-0.3, -0.25) is 20.0 Å². The number of aromatic nitrogens is 3. The van der Waals surface area contributed by atoms with E-state index in [0.717, 1.165) is 37.1 Å². The number of rotatable bonds is 2. The van der Waals surface area contributed by atoms with Crippen molar-refractivity contribution in [3.05, 3.63) is 24.3 Å². The van der Waals surface area contributed by atoms with Crippen LogP contribution in [0, 0.1) is 0 Å². The summed E-state index contributed by atoms with van der Waals surface area (Å²) in [5, 5.41) is 17.2. The number of urea groups is 1. The van der Waals surface area contributed by atoms with Crippen LogP contribution in [0.3, 0.4) is 0 Å². The smallest absolute Gasteiger partial charge is 0.475 e. The van der Waals surface area contributed by atoms with E-state index in [4.69, 9.17) is 9.90 Å². The maximum Gasteiger partial charge on any atom is 0.490 e. The van der Waals surface area contributed by atoms with Gasteiger partial charge in [0.15, 0.2) is 0 Å². The summed E-state index contributed by atoms with van der Waals surface area (Å²) in [6.07, 6.45) is 2.72. The molecule has 2 aliphatic rings. The quantitative estimate of drug-likeness (QED) is 0.657. The number of aliphatic carboxylic acids is 1. The zero-order valence-corrected chi connectivity index (χ0v) is 15.6. The lowest BCUT2D eigenvalue weighted by Gasteiger charge is -2.25. The van der Waals surface area contributed by atoms with Gasteiger partial charge in [-0.1, -0.05) is 0 Å². The van der Waals surface area contributed by atoms with Gasteiger partial charge in [0.1, 0.15) is 5.52 Å². The highest BCUT2D eigenvalue weighted by Crippen LogP contribution is 2.27. The van der Waals surface area contributed by atoms with E-state index in [2.05, 4.69) is 20.7 Å². The van der Waals surface area contributed by atoms with Crippen LogP contribution in [0.4, 0.5) is 23.7 Å². The van der Waals surface area contributed by atoms with Crippen molar-refractivity contribution in [3.8, 4) is 0 Å². The fraction of sp³-hybridized carbons (Fsp3) is 0.471. The second-order valence-corrected chi connectivity index (χ2v) is 6.75. The number of fused-ring (bicyclic) bond motifs is 1. The third-order valence-corrected chi connectivity index (χ3v) is 4.75. The van der Waals surface area contributed by atoms with Gasteiger partial charge in [0.2, 0.25) is 5.91 Å². The third-order valence-electron chi connectivity index (χ3n) is 4.75. The van der Waals surface area contributed by atoms with E-state index in [0.29, 0.717) is 24.6 Å². The molecule has 2 aromatic rings. The fourth-order valence-corrected chi connectivity index (χ4v) is 3.22. The Morgan fingerprint density at radius 2 is 1.87 bits per heavy atom. The molecule has 2 aromatic heterocycles. The number of hydrogen-bond acceptors (Lipinski definition) is 6. The molecule has 30 heavy (non-hydrogen) atoms. The minimum absolute atomic E-state index is 0.242. The van der Waals surface area contributed by atoms with Gasteiger partial charge in [-0.2, -0.15) is 18.3 Å². The summed E-state index contributed by atoms with van der Waals surface area (Å²) in [6.45, 7) is 2.38. The van der Waals surface area contributed by atoms with Gasteiger partial charge in [0.25, 0.3) is 0 Å². The number of nitrogens with one attached hydrogen (secondary N) is 2. The zero-order chi connectivity index (χ0) is 21.9. The van der Waals surface area contributed by atoms with Crippen LogP contribution in [0.25, 0.3) is 5.52 Å². The van der Waals surface area contributed by atoms with Crippen molar-refractivity contribution in [2.45, 2.75) is 31.4 Å². The lowest BCUT2D eigenvalue weighted by molar-refractivity contribution is -0.192. The summed E-state index contributed by atoms with van der Waals surface area (Å²) in [5.74, 6) is -2.55. The minimum atomic E-state index is -5.08. The molecule has 13 heteroatoms. The van der Waals surface area contributed by atoms with Crippen LogP contribution < -0.4 is 15.5 Å². The van der Waals surface area contributed by atoms with Gasteiger partial charge in [-0.15, -0.1) is 0 Å². The number of hydrogen-bond donors (Lipinski definition) is 3. The number of carbonyl (C=O) groups is 3. The van der Waals surface area contributed by atoms with Gasteiger partial charge in [-0.05, 0) is 25.9 Å². The van der Waals surface area contributed by atoms with Crippen LogP contribution in [0.1, 0.15) is 30.9 Å². The molecule has 3 amide bonds. The lowest BCUT2D eigenvalue weighted by Crippen LogP contribution is -2.49. The van der Waals surface area contributed by atoms with E-state index in [-0.39, 0.29) is 5.91 Å². The van der Waals surface area contributed by atoms with Crippen molar-refractivity contribution < 1.29 is 32.7 Å². The number of carbonyl (C=O) groups excluding carboxylic acids is 2. The summed E-state index contributed by atoms with van der Waals surface area (Å²) < 4.78 is 33.5. The maximum absolute atomic E-state index is 12.0. The molecule has 2 fully saturated rings. The predicted molar refractivity (Wildman–Crippen MR) is 97.0 cm³/mol. The molecule has 0 radical (unpaired) electrons. The molecule has 0 saturated carbocycles. The number of imide groups is 1. The van der Waals surface area contributed by atoms with Gasteiger partial charge in [0.05, 0.1) is 30.0 Å². The zero-order valence-electron chi connectivity index (χ0n) is 15.6. The third kappa shape index (κ3) is 4.84. The molecule has 2 saturated heterocycles. The maximum atomic E-state index is 12.0. The number of carboxylic acid groups (broad SMARTS) is 1. The molecule has 4 rings (SSSR count). The van der Waals surface area contributed by atoms with E-state index >= 15 is 0 Å². The largest absolute Gasteiger partial charge is 0.490 e. The van der Waals surface area contributed by atoms with Crippen molar-refractivity contribution >= 4 is 29.1 Å². The first-order chi connectivity index (χ1) is 14.2. The molecular weight excluding hydrogens is 409 g/mol. The summed E-state index contributed by atoms with van der Waals surface area (Å²) in [7, 11) is 0. The Balaban J connectivity index is 0.000000318. The number of alkyl halides is 3. The van der Waals surface area contributed by atoms with E-state index in [1.165, 1.54) is 4.90 Å². The number of anilines is 1. The first-order valence-corrected chi connectivity index (χ1v) is 9.12.